The zero-order valence-corrected chi connectivity index (χ0v) is 23.5. The number of benzene rings is 1. The van der Waals surface area contributed by atoms with Gasteiger partial charge in [0, 0.05) is 35.8 Å². The Kier molecular flexibility index (Phi) is 7.22. The first-order valence-corrected chi connectivity index (χ1v) is 14.6. The van der Waals surface area contributed by atoms with Crippen LogP contribution in [-0.2, 0) is 0 Å². The summed E-state index contributed by atoms with van der Waals surface area (Å²) in [6.07, 6.45) is 17.7. The molecule has 4 heterocycles. The van der Waals surface area contributed by atoms with Crippen LogP contribution in [0.15, 0.2) is 54.9 Å². The van der Waals surface area contributed by atoms with Crippen LogP contribution < -0.4 is 5.73 Å². The van der Waals surface area contributed by atoms with E-state index in [4.69, 9.17) is 15.7 Å². The van der Waals surface area contributed by atoms with Crippen molar-refractivity contribution < 1.29 is 0 Å². The van der Waals surface area contributed by atoms with E-state index in [2.05, 4.69) is 70.6 Å². The third-order valence-corrected chi connectivity index (χ3v) is 8.78. The van der Waals surface area contributed by atoms with E-state index < -0.39 is 0 Å². The maximum Gasteiger partial charge on any atom is 0.150 e. The second kappa shape index (κ2) is 10.9. The van der Waals surface area contributed by atoms with Gasteiger partial charge in [-0.15, -0.1) is 0 Å². The highest BCUT2D eigenvalue weighted by Crippen LogP contribution is 2.39. The molecule has 0 spiro atoms. The quantitative estimate of drug-likeness (QED) is 0.273. The topological polar surface area (TPSA) is 72.3 Å². The molecule has 6 heteroatoms. The molecule has 0 amide bonds. The van der Waals surface area contributed by atoms with Crippen molar-refractivity contribution in [1.82, 2.24) is 24.3 Å². The highest BCUT2D eigenvalue weighted by atomic mass is 15.1. The molecule has 6 rings (SSSR count). The van der Waals surface area contributed by atoms with Gasteiger partial charge in [0.1, 0.15) is 22.9 Å². The first-order chi connectivity index (χ1) is 19.1. The van der Waals surface area contributed by atoms with Crippen LogP contribution in [0, 0.1) is 12.8 Å². The molecule has 1 saturated heterocycles. The summed E-state index contributed by atoms with van der Waals surface area (Å²) in [7, 11) is 0. The fourth-order valence-corrected chi connectivity index (χ4v) is 6.72. The van der Waals surface area contributed by atoms with Crippen LogP contribution in [0.4, 0.5) is 5.82 Å². The minimum Gasteiger partial charge on any atom is -0.382 e. The molecule has 2 N–H and O–H groups in total. The Morgan fingerprint density at radius 2 is 1.85 bits per heavy atom. The number of rotatable bonds is 6. The zero-order valence-electron chi connectivity index (χ0n) is 23.5. The van der Waals surface area contributed by atoms with Crippen LogP contribution in [-0.4, -0.2) is 43.9 Å². The van der Waals surface area contributed by atoms with Crippen LogP contribution in [0.2, 0.25) is 0 Å². The predicted octanol–water partition coefficient (Wildman–Crippen LogP) is 7.18. The van der Waals surface area contributed by atoms with Gasteiger partial charge >= 0.3 is 0 Å². The molecule has 0 atom stereocenters. The Hall–Kier alpha value is -3.51. The summed E-state index contributed by atoms with van der Waals surface area (Å²) in [6.45, 7) is 10.1. The van der Waals surface area contributed by atoms with Gasteiger partial charge in [0.25, 0.3) is 0 Å². The second-order valence-corrected chi connectivity index (χ2v) is 11.4. The van der Waals surface area contributed by atoms with Crippen LogP contribution >= 0.6 is 0 Å². The Balaban J connectivity index is 1.36. The van der Waals surface area contributed by atoms with Gasteiger partial charge in [0.05, 0.1) is 11.2 Å². The number of anilines is 1. The number of aromatic nitrogens is 4. The fraction of sp³-hybridized carbons (Fsp3) is 0.424. The smallest absolute Gasteiger partial charge is 0.150 e. The normalized spacial score (nSPS) is 21.1. The lowest BCUT2D eigenvalue weighted by Crippen LogP contribution is -2.29. The number of nitrogen functional groups attached to an aromatic ring is 1. The molecular weight excluding hydrogens is 480 g/mol. The van der Waals surface area contributed by atoms with Crippen LogP contribution in [0.1, 0.15) is 75.4 Å². The molecule has 1 aromatic carbocycles. The average molecular weight is 521 g/mol. The number of hydrogen-bond acceptors (Lipinski definition) is 5. The van der Waals surface area contributed by atoms with Crippen molar-refractivity contribution in [3.8, 4) is 11.3 Å². The van der Waals surface area contributed by atoms with Gasteiger partial charge in [0.15, 0.2) is 0 Å². The van der Waals surface area contributed by atoms with Gasteiger partial charge < -0.3 is 10.6 Å². The standard InChI is InChI=1S/C33H40N6/c1-4-8-24(5-2)28-19-22(3)27-14-13-26(20-29(27)36-28)30-31-32(34)35-15-18-39(31)33(37-30)25-11-9-23(10-12-25)21-38-16-6-7-17-38/h4-5,8,13-15,18-20,23,25H,6-7,9-12,16-17,21H2,1-3H3,(H2,34,35)/b8-4-,24-5+. The first-order valence-electron chi connectivity index (χ1n) is 14.6. The molecular formula is C33H40N6. The molecule has 6 nitrogen and oxygen atoms in total. The summed E-state index contributed by atoms with van der Waals surface area (Å²) < 4.78 is 2.20. The van der Waals surface area contributed by atoms with Crippen LogP contribution in [0.25, 0.3) is 33.3 Å². The van der Waals surface area contributed by atoms with Crippen molar-refractivity contribution >= 4 is 27.8 Å². The van der Waals surface area contributed by atoms with E-state index in [1.54, 1.807) is 6.20 Å². The first kappa shape index (κ1) is 25.8. The minimum atomic E-state index is 0.438. The Labute approximate surface area is 231 Å². The number of nitrogens with two attached hydrogens (primary N) is 1. The van der Waals surface area contributed by atoms with Gasteiger partial charge in [-0.05, 0) is 102 Å². The number of allylic oxidation sites excluding steroid dienone is 4. The molecule has 3 aromatic heterocycles. The highest BCUT2D eigenvalue weighted by molar-refractivity contribution is 5.92. The summed E-state index contributed by atoms with van der Waals surface area (Å²) in [5.74, 6) is 2.89. The van der Waals surface area contributed by atoms with Gasteiger partial charge in [-0.2, -0.15) is 0 Å². The molecule has 39 heavy (non-hydrogen) atoms. The molecule has 1 aliphatic carbocycles. The van der Waals surface area contributed by atoms with E-state index in [0.717, 1.165) is 50.7 Å². The number of pyridine rings is 1. The van der Waals surface area contributed by atoms with Crippen LogP contribution in [0.3, 0.4) is 0 Å². The number of aryl methyl sites for hydroxylation is 1. The number of hydrogen-bond donors (Lipinski definition) is 1. The fourth-order valence-electron chi connectivity index (χ4n) is 6.72. The lowest BCUT2D eigenvalue weighted by Gasteiger charge is -2.30. The van der Waals surface area contributed by atoms with Crippen molar-refractivity contribution in [1.29, 1.82) is 0 Å². The van der Waals surface area contributed by atoms with Crippen LogP contribution in [0.5, 0.6) is 0 Å². The zero-order chi connectivity index (χ0) is 26.9. The average Bonchev–Trinajstić information content (AvgIpc) is 3.61. The Bertz CT molecular complexity index is 1550. The number of nitrogens with zero attached hydrogens (tertiary/aromatic N) is 5. The maximum absolute atomic E-state index is 6.49. The molecule has 202 valence electrons. The van der Waals surface area contributed by atoms with E-state index in [9.17, 15) is 0 Å². The summed E-state index contributed by atoms with van der Waals surface area (Å²) >= 11 is 0. The second-order valence-electron chi connectivity index (χ2n) is 11.4. The van der Waals surface area contributed by atoms with Gasteiger partial charge in [0.2, 0.25) is 0 Å². The number of imidazole rings is 1. The predicted molar refractivity (Wildman–Crippen MR) is 162 cm³/mol. The molecule has 1 saturated carbocycles. The summed E-state index contributed by atoms with van der Waals surface area (Å²) in [5.41, 5.74) is 13.6. The molecule has 4 aromatic rings. The molecule has 1 aliphatic heterocycles. The van der Waals surface area contributed by atoms with Gasteiger partial charge in [-0.25, -0.2) is 15.0 Å². The van der Waals surface area contributed by atoms with E-state index in [-0.39, 0.29) is 0 Å². The van der Waals surface area contributed by atoms with E-state index in [0.29, 0.717) is 11.7 Å². The van der Waals surface area contributed by atoms with Crippen molar-refractivity contribution in [2.45, 2.75) is 65.2 Å². The maximum atomic E-state index is 6.49. The minimum absolute atomic E-state index is 0.438. The van der Waals surface area contributed by atoms with Gasteiger partial charge in [-0.1, -0.05) is 30.4 Å². The Morgan fingerprint density at radius 3 is 2.59 bits per heavy atom. The monoisotopic (exact) mass is 520 g/mol. The third-order valence-electron chi connectivity index (χ3n) is 8.78. The van der Waals surface area contributed by atoms with Crippen molar-refractivity contribution in [2.75, 3.05) is 25.4 Å². The molecule has 0 unspecified atom stereocenters. The highest BCUT2D eigenvalue weighted by Gasteiger charge is 2.29. The molecule has 0 radical (unpaired) electrons. The summed E-state index contributed by atoms with van der Waals surface area (Å²) in [6, 6.07) is 8.66. The summed E-state index contributed by atoms with van der Waals surface area (Å²) in [4.78, 5) is 17.5. The summed E-state index contributed by atoms with van der Waals surface area (Å²) in [5, 5.41) is 1.16. The van der Waals surface area contributed by atoms with Crippen molar-refractivity contribution in [3.05, 3.63) is 72.0 Å². The van der Waals surface area contributed by atoms with E-state index in [1.807, 2.05) is 13.1 Å². The largest absolute Gasteiger partial charge is 0.382 e. The van der Waals surface area contributed by atoms with Gasteiger partial charge in [-0.3, -0.25) is 4.40 Å². The number of fused-ring (bicyclic) bond motifs is 2. The lowest BCUT2D eigenvalue weighted by atomic mass is 9.81. The van der Waals surface area contributed by atoms with Crippen molar-refractivity contribution in [2.24, 2.45) is 5.92 Å². The SMILES string of the molecule is C/C=C\C(=C/C)c1cc(C)c2ccc(-c3nc(C4CCC(CN5CCCC5)CC4)n4ccnc(N)c34)cc2n1. The van der Waals surface area contributed by atoms with E-state index in [1.165, 1.54) is 63.7 Å². The number of likely N-dealkylation sites (tertiary alicyclic amines) is 1. The van der Waals surface area contributed by atoms with Crippen molar-refractivity contribution in [3.63, 3.8) is 0 Å². The molecule has 2 aliphatic rings. The van der Waals surface area contributed by atoms with E-state index >= 15 is 0 Å². The third kappa shape index (κ3) is 4.98. The molecule has 0 bridgehead atoms. The molecule has 2 fully saturated rings. The Morgan fingerprint density at radius 1 is 1.05 bits per heavy atom. The lowest BCUT2D eigenvalue weighted by molar-refractivity contribution is 0.221.